The second-order valence-corrected chi connectivity index (χ2v) is 4.52. The molecule has 0 amide bonds. The number of carbonyl (C=O) groups excluding carboxylic acids is 1. The van der Waals surface area contributed by atoms with Crippen molar-refractivity contribution < 1.29 is 9.53 Å². The van der Waals surface area contributed by atoms with Gasteiger partial charge in [0.15, 0.2) is 0 Å². The fourth-order valence-corrected chi connectivity index (χ4v) is 2.64. The molecule has 0 fully saturated rings. The SMILES string of the molecule is CCOC(=O)c1nc(I)c2n1CCCC2. The number of halogens is 1. The highest BCUT2D eigenvalue weighted by Gasteiger charge is 2.23. The monoisotopic (exact) mass is 320 g/mol. The molecule has 0 bridgehead atoms. The average molecular weight is 320 g/mol. The lowest BCUT2D eigenvalue weighted by molar-refractivity contribution is 0.0505. The zero-order chi connectivity index (χ0) is 10.8. The molecule has 4 nitrogen and oxygen atoms in total. The number of imidazole rings is 1. The molecule has 2 heterocycles. The maximum atomic E-state index is 11.6. The number of hydrogen-bond donors (Lipinski definition) is 0. The molecule has 0 N–H and O–H groups in total. The van der Waals surface area contributed by atoms with E-state index in [1.807, 2.05) is 11.5 Å². The molecule has 82 valence electrons. The molecule has 5 heteroatoms. The summed E-state index contributed by atoms with van der Waals surface area (Å²) in [6.07, 6.45) is 3.32. The van der Waals surface area contributed by atoms with E-state index in [1.165, 1.54) is 12.1 Å². The first-order chi connectivity index (χ1) is 7.24. The Kier molecular flexibility index (Phi) is 3.28. The highest BCUT2D eigenvalue weighted by Crippen LogP contribution is 2.22. The van der Waals surface area contributed by atoms with Gasteiger partial charge in [-0.1, -0.05) is 0 Å². The summed E-state index contributed by atoms with van der Waals surface area (Å²) < 4.78 is 7.93. The van der Waals surface area contributed by atoms with Gasteiger partial charge in [0.25, 0.3) is 0 Å². The second-order valence-electron chi connectivity index (χ2n) is 3.50. The number of fused-ring (bicyclic) bond motifs is 1. The molecule has 1 aromatic rings. The third kappa shape index (κ3) is 2.02. The van der Waals surface area contributed by atoms with Crippen molar-refractivity contribution in [3.05, 3.63) is 15.2 Å². The number of ether oxygens (including phenoxy) is 1. The molecule has 0 saturated heterocycles. The zero-order valence-corrected chi connectivity index (χ0v) is 10.8. The van der Waals surface area contributed by atoms with Crippen molar-refractivity contribution in [2.24, 2.45) is 0 Å². The van der Waals surface area contributed by atoms with Crippen LogP contribution in [0.5, 0.6) is 0 Å². The van der Waals surface area contributed by atoms with Gasteiger partial charge in [0.2, 0.25) is 5.82 Å². The Hall–Kier alpha value is -0.590. The van der Waals surface area contributed by atoms with Gasteiger partial charge in [0.1, 0.15) is 3.70 Å². The first-order valence-corrected chi connectivity index (χ1v) is 6.24. The van der Waals surface area contributed by atoms with Crippen LogP contribution in [0.25, 0.3) is 0 Å². The van der Waals surface area contributed by atoms with Gasteiger partial charge < -0.3 is 9.30 Å². The summed E-state index contributed by atoms with van der Waals surface area (Å²) in [5.41, 5.74) is 1.19. The molecule has 2 rings (SSSR count). The van der Waals surface area contributed by atoms with Crippen LogP contribution in [0.4, 0.5) is 0 Å². The number of hydrogen-bond acceptors (Lipinski definition) is 3. The molecule has 0 aromatic carbocycles. The molecule has 0 atom stereocenters. The summed E-state index contributed by atoms with van der Waals surface area (Å²) in [7, 11) is 0. The van der Waals surface area contributed by atoms with Crippen molar-refractivity contribution in [3.8, 4) is 0 Å². The number of carbonyl (C=O) groups is 1. The molecule has 0 saturated carbocycles. The topological polar surface area (TPSA) is 44.1 Å². The Morgan fingerprint density at radius 2 is 2.40 bits per heavy atom. The van der Waals surface area contributed by atoms with Gasteiger partial charge in [-0.2, -0.15) is 0 Å². The molecule has 0 aliphatic carbocycles. The van der Waals surface area contributed by atoms with Gasteiger partial charge >= 0.3 is 5.97 Å². The number of esters is 1. The maximum absolute atomic E-state index is 11.6. The summed E-state index contributed by atoms with van der Waals surface area (Å²) in [6, 6.07) is 0. The van der Waals surface area contributed by atoms with Gasteiger partial charge in [-0.05, 0) is 48.8 Å². The largest absolute Gasteiger partial charge is 0.460 e. The van der Waals surface area contributed by atoms with E-state index in [9.17, 15) is 4.79 Å². The van der Waals surface area contributed by atoms with Crippen LogP contribution in [0.3, 0.4) is 0 Å². The summed E-state index contributed by atoms with van der Waals surface area (Å²) in [5.74, 6) is 0.166. The quantitative estimate of drug-likeness (QED) is 0.618. The lowest BCUT2D eigenvalue weighted by Gasteiger charge is -2.15. The summed E-state index contributed by atoms with van der Waals surface area (Å²) in [6.45, 7) is 3.10. The molecule has 1 aliphatic rings. The highest BCUT2D eigenvalue weighted by molar-refractivity contribution is 14.1. The first kappa shape index (κ1) is 10.9. The first-order valence-electron chi connectivity index (χ1n) is 5.16. The molecular formula is C10H13IN2O2. The van der Waals surface area contributed by atoms with Crippen LogP contribution in [0.2, 0.25) is 0 Å². The van der Waals surface area contributed by atoms with Crippen molar-refractivity contribution in [1.29, 1.82) is 0 Å². The minimum atomic E-state index is -0.302. The van der Waals surface area contributed by atoms with Gasteiger partial charge in [0.05, 0.1) is 12.3 Å². The number of aromatic nitrogens is 2. The van der Waals surface area contributed by atoms with Crippen LogP contribution in [-0.2, 0) is 17.7 Å². The zero-order valence-electron chi connectivity index (χ0n) is 8.62. The Labute approximate surface area is 102 Å². The van der Waals surface area contributed by atoms with Crippen molar-refractivity contribution >= 4 is 28.6 Å². The van der Waals surface area contributed by atoms with E-state index in [1.54, 1.807) is 0 Å². The van der Waals surface area contributed by atoms with E-state index in [0.29, 0.717) is 12.4 Å². The molecule has 15 heavy (non-hydrogen) atoms. The van der Waals surface area contributed by atoms with E-state index in [4.69, 9.17) is 4.74 Å². The van der Waals surface area contributed by atoms with Gasteiger partial charge in [-0.15, -0.1) is 0 Å². The van der Waals surface area contributed by atoms with Crippen molar-refractivity contribution in [2.45, 2.75) is 32.7 Å². The summed E-state index contributed by atoms with van der Waals surface area (Å²) >= 11 is 2.19. The molecular weight excluding hydrogens is 307 g/mol. The van der Waals surface area contributed by atoms with Crippen LogP contribution in [-0.4, -0.2) is 22.1 Å². The molecule has 0 spiro atoms. The Morgan fingerprint density at radius 3 is 3.13 bits per heavy atom. The Bertz CT molecular complexity index is 387. The predicted octanol–water partition coefficient (Wildman–Crippen LogP) is 2.00. The van der Waals surface area contributed by atoms with Gasteiger partial charge in [-0.25, -0.2) is 9.78 Å². The fourth-order valence-electron chi connectivity index (χ4n) is 1.85. The predicted molar refractivity (Wildman–Crippen MR) is 63.8 cm³/mol. The minimum absolute atomic E-state index is 0.302. The van der Waals surface area contributed by atoms with E-state index in [-0.39, 0.29) is 5.97 Å². The summed E-state index contributed by atoms with van der Waals surface area (Å²) in [5, 5.41) is 0. The fraction of sp³-hybridized carbons (Fsp3) is 0.600. The minimum Gasteiger partial charge on any atom is -0.460 e. The van der Waals surface area contributed by atoms with Gasteiger partial charge in [-0.3, -0.25) is 0 Å². The number of nitrogens with zero attached hydrogens (tertiary/aromatic N) is 2. The molecule has 0 unspecified atom stereocenters. The van der Waals surface area contributed by atoms with E-state index < -0.39 is 0 Å². The van der Waals surface area contributed by atoms with Crippen LogP contribution in [0, 0.1) is 3.70 Å². The van der Waals surface area contributed by atoms with E-state index >= 15 is 0 Å². The normalized spacial score (nSPS) is 14.8. The Balaban J connectivity index is 2.35. The lowest BCUT2D eigenvalue weighted by atomic mass is 10.1. The standard InChI is InChI=1S/C10H13IN2O2/c1-2-15-10(14)9-12-8(11)7-5-3-4-6-13(7)9/h2-6H2,1H3. The molecule has 0 radical (unpaired) electrons. The Morgan fingerprint density at radius 1 is 1.60 bits per heavy atom. The van der Waals surface area contributed by atoms with Crippen LogP contribution >= 0.6 is 22.6 Å². The summed E-state index contributed by atoms with van der Waals surface area (Å²) in [4.78, 5) is 15.9. The second kappa shape index (κ2) is 4.51. The van der Waals surface area contributed by atoms with Crippen molar-refractivity contribution in [3.63, 3.8) is 0 Å². The highest BCUT2D eigenvalue weighted by atomic mass is 127. The molecule has 1 aromatic heterocycles. The maximum Gasteiger partial charge on any atom is 0.374 e. The van der Waals surface area contributed by atoms with E-state index in [2.05, 4.69) is 27.6 Å². The van der Waals surface area contributed by atoms with Crippen molar-refractivity contribution in [2.75, 3.05) is 6.61 Å². The van der Waals surface area contributed by atoms with Crippen LogP contribution < -0.4 is 0 Å². The smallest absolute Gasteiger partial charge is 0.374 e. The third-order valence-corrected chi connectivity index (χ3v) is 3.39. The van der Waals surface area contributed by atoms with Gasteiger partial charge in [0, 0.05) is 6.54 Å². The van der Waals surface area contributed by atoms with Crippen LogP contribution in [0.15, 0.2) is 0 Å². The number of rotatable bonds is 2. The van der Waals surface area contributed by atoms with Crippen molar-refractivity contribution in [1.82, 2.24) is 9.55 Å². The van der Waals surface area contributed by atoms with Crippen LogP contribution in [0.1, 0.15) is 36.1 Å². The average Bonchev–Trinajstić information content (AvgIpc) is 2.58. The van der Waals surface area contributed by atoms with E-state index in [0.717, 1.165) is 23.1 Å². The third-order valence-electron chi connectivity index (χ3n) is 2.53. The molecule has 1 aliphatic heterocycles. The lowest BCUT2D eigenvalue weighted by Crippen LogP contribution is -2.18.